The highest BCUT2D eigenvalue weighted by Crippen LogP contribution is 2.24. The monoisotopic (exact) mass is 205 g/mol. The summed E-state index contributed by atoms with van der Waals surface area (Å²) in [5.41, 5.74) is 7.70. The normalized spacial score (nSPS) is 10.9. The molecule has 2 rings (SSSR count). The van der Waals surface area contributed by atoms with E-state index >= 15 is 0 Å². The van der Waals surface area contributed by atoms with E-state index in [0.29, 0.717) is 19.0 Å². The fourth-order valence-corrected chi connectivity index (χ4v) is 1.60. The molecule has 0 radical (unpaired) electrons. The predicted molar refractivity (Wildman–Crippen MR) is 60.0 cm³/mol. The zero-order valence-electron chi connectivity index (χ0n) is 9.03. The van der Waals surface area contributed by atoms with Crippen molar-refractivity contribution in [2.75, 3.05) is 13.2 Å². The van der Waals surface area contributed by atoms with E-state index in [2.05, 4.69) is 24.2 Å². The fraction of sp³-hybridized carbons (Fsp3) is 0.364. The van der Waals surface area contributed by atoms with E-state index in [0.717, 1.165) is 10.9 Å². The lowest BCUT2D eigenvalue weighted by atomic mass is 10.2. The molecule has 0 aliphatic carbocycles. The summed E-state index contributed by atoms with van der Waals surface area (Å²) in [4.78, 5) is 0. The Morgan fingerprint density at radius 2 is 2.27 bits per heavy atom. The first-order valence-electron chi connectivity index (χ1n) is 4.98. The summed E-state index contributed by atoms with van der Waals surface area (Å²) in [6.07, 6.45) is 0. The van der Waals surface area contributed by atoms with Crippen LogP contribution in [0.5, 0.6) is 5.88 Å². The molecule has 0 atom stereocenters. The van der Waals surface area contributed by atoms with E-state index in [9.17, 15) is 0 Å². The Bertz CT molecular complexity index is 476. The maximum atomic E-state index is 5.47. The zero-order valence-corrected chi connectivity index (χ0v) is 9.03. The maximum absolute atomic E-state index is 5.47. The summed E-state index contributed by atoms with van der Waals surface area (Å²) < 4.78 is 7.30. The molecule has 4 heteroatoms. The highest BCUT2D eigenvalue weighted by Gasteiger charge is 2.08. The van der Waals surface area contributed by atoms with Gasteiger partial charge in [0.15, 0.2) is 0 Å². The molecule has 1 aromatic carbocycles. The Morgan fingerprint density at radius 1 is 1.47 bits per heavy atom. The van der Waals surface area contributed by atoms with Gasteiger partial charge in [-0.25, -0.2) is 0 Å². The number of ether oxygens (including phenoxy) is 1. The van der Waals surface area contributed by atoms with Gasteiger partial charge in [0.05, 0.1) is 10.9 Å². The van der Waals surface area contributed by atoms with Crippen molar-refractivity contribution in [3.05, 3.63) is 23.8 Å². The van der Waals surface area contributed by atoms with E-state index in [1.807, 2.05) is 17.8 Å². The van der Waals surface area contributed by atoms with Gasteiger partial charge in [-0.2, -0.15) is 0 Å². The van der Waals surface area contributed by atoms with Crippen molar-refractivity contribution >= 4 is 10.9 Å². The Hall–Kier alpha value is -1.55. The summed E-state index contributed by atoms with van der Waals surface area (Å²) in [7, 11) is 1.91. The standard InChI is InChI=1S/C11H15N3O/c1-8-3-4-9-10(7-8)14(2)13-11(9)15-6-5-12/h3-4,7H,5-6,12H2,1-2H3. The molecule has 0 saturated carbocycles. The molecule has 1 aromatic heterocycles. The second kappa shape index (κ2) is 3.90. The Balaban J connectivity index is 2.48. The first kappa shape index (κ1) is 9.98. The van der Waals surface area contributed by atoms with Gasteiger partial charge in [0.25, 0.3) is 0 Å². The predicted octanol–water partition coefficient (Wildman–Crippen LogP) is 1.22. The van der Waals surface area contributed by atoms with Gasteiger partial charge in [-0.1, -0.05) is 6.07 Å². The van der Waals surface area contributed by atoms with Gasteiger partial charge < -0.3 is 10.5 Å². The van der Waals surface area contributed by atoms with E-state index in [-0.39, 0.29) is 0 Å². The van der Waals surface area contributed by atoms with Gasteiger partial charge in [0.2, 0.25) is 5.88 Å². The molecule has 15 heavy (non-hydrogen) atoms. The number of benzene rings is 1. The van der Waals surface area contributed by atoms with Crippen molar-refractivity contribution in [1.82, 2.24) is 9.78 Å². The van der Waals surface area contributed by atoms with Gasteiger partial charge in [-0.15, -0.1) is 5.10 Å². The third kappa shape index (κ3) is 1.80. The molecule has 1 heterocycles. The van der Waals surface area contributed by atoms with Crippen LogP contribution in [0, 0.1) is 6.92 Å². The van der Waals surface area contributed by atoms with Crippen LogP contribution in [0.15, 0.2) is 18.2 Å². The fourth-order valence-electron chi connectivity index (χ4n) is 1.60. The second-order valence-electron chi connectivity index (χ2n) is 3.59. The molecular weight excluding hydrogens is 190 g/mol. The second-order valence-corrected chi connectivity index (χ2v) is 3.59. The van der Waals surface area contributed by atoms with Crippen LogP contribution in [0.25, 0.3) is 10.9 Å². The third-order valence-corrected chi connectivity index (χ3v) is 2.33. The minimum Gasteiger partial charge on any atom is -0.475 e. The zero-order chi connectivity index (χ0) is 10.8. The molecule has 0 bridgehead atoms. The Labute approximate surface area is 88.6 Å². The van der Waals surface area contributed by atoms with Crippen LogP contribution in [0.4, 0.5) is 0 Å². The van der Waals surface area contributed by atoms with Crippen molar-refractivity contribution in [2.24, 2.45) is 12.8 Å². The van der Waals surface area contributed by atoms with Gasteiger partial charge >= 0.3 is 0 Å². The number of hydrogen-bond donors (Lipinski definition) is 1. The van der Waals surface area contributed by atoms with Gasteiger partial charge in [0.1, 0.15) is 6.61 Å². The van der Waals surface area contributed by atoms with Crippen molar-refractivity contribution in [3.8, 4) is 5.88 Å². The summed E-state index contributed by atoms with van der Waals surface area (Å²) in [5.74, 6) is 0.665. The van der Waals surface area contributed by atoms with Crippen LogP contribution >= 0.6 is 0 Å². The Kier molecular flexibility index (Phi) is 2.60. The summed E-state index contributed by atoms with van der Waals surface area (Å²) in [5, 5.41) is 5.35. The van der Waals surface area contributed by atoms with E-state index < -0.39 is 0 Å². The van der Waals surface area contributed by atoms with Crippen LogP contribution < -0.4 is 10.5 Å². The molecule has 2 N–H and O–H groups in total. The number of rotatable bonds is 3. The van der Waals surface area contributed by atoms with Crippen LogP contribution in [0.1, 0.15) is 5.56 Å². The minimum atomic E-state index is 0.500. The third-order valence-electron chi connectivity index (χ3n) is 2.33. The smallest absolute Gasteiger partial charge is 0.240 e. The van der Waals surface area contributed by atoms with Crippen LogP contribution in [0.3, 0.4) is 0 Å². The molecule has 2 aromatic rings. The molecule has 80 valence electrons. The summed E-state index contributed by atoms with van der Waals surface area (Å²) in [6, 6.07) is 6.18. The lowest BCUT2D eigenvalue weighted by Crippen LogP contribution is -2.11. The SMILES string of the molecule is Cc1ccc2c(OCCN)nn(C)c2c1. The number of nitrogens with zero attached hydrogens (tertiary/aromatic N) is 2. The lowest BCUT2D eigenvalue weighted by molar-refractivity contribution is 0.315. The molecular formula is C11H15N3O. The first-order chi connectivity index (χ1) is 7.22. The lowest BCUT2D eigenvalue weighted by Gasteiger charge is -1.99. The highest BCUT2D eigenvalue weighted by molar-refractivity contribution is 5.85. The van der Waals surface area contributed by atoms with E-state index in [1.54, 1.807) is 0 Å². The summed E-state index contributed by atoms with van der Waals surface area (Å²) in [6.45, 7) is 3.07. The number of aryl methyl sites for hydroxylation is 2. The van der Waals surface area contributed by atoms with Crippen LogP contribution in [-0.4, -0.2) is 22.9 Å². The topological polar surface area (TPSA) is 53.1 Å². The first-order valence-corrected chi connectivity index (χ1v) is 4.98. The molecule has 0 aliphatic rings. The van der Waals surface area contributed by atoms with Gasteiger partial charge in [-0.05, 0) is 24.6 Å². The van der Waals surface area contributed by atoms with E-state index in [1.165, 1.54) is 5.56 Å². The molecule has 0 aliphatic heterocycles. The van der Waals surface area contributed by atoms with Crippen molar-refractivity contribution < 1.29 is 4.74 Å². The number of hydrogen-bond acceptors (Lipinski definition) is 3. The maximum Gasteiger partial charge on any atom is 0.240 e. The van der Waals surface area contributed by atoms with Crippen LogP contribution in [-0.2, 0) is 7.05 Å². The summed E-state index contributed by atoms with van der Waals surface area (Å²) >= 11 is 0. The number of aromatic nitrogens is 2. The van der Waals surface area contributed by atoms with Crippen molar-refractivity contribution in [2.45, 2.75) is 6.92 Å². The molecule has 0 spiro atoms. The minimum absolute atomic E-state index is 0.500. The highest BCUT2D eigenvalue weighted by atomic mass is 16.5. The molecule has 4 nitrogen and oxygen atoms in total. The number of nitrogens with two attached hydrogens (primary N) is 1. The average Bonchev–Trinajstić information content (AvgIpc) is 2.53. The van der Waals surface area contributed by atoms with Crippen molar-refractivity contribution in [3.63, 3.8) is 0 Å². The number of fused-ring (bicyclic) bond motifs is 1. The van der Waals surface area contributed by atoms with Gasteiger partial charge in [0, 0.05) is 13.6 Å². The largest absolute Gasteiger partial charge is 0.475 e. The molecule has 0 fully saturated rings. The van der Waals surface area contributed by atoms with Crippen molar-refractivity contribution in [1.29, 1.82) is 0 Å². The van der Waals surface area contributed by atoms with E-state index in [4.69, 9.17) is 10.5 Å². The average molecular weight is 205 g/mol. The molecule has 0 unspecified atom stereocenters. The quantitative estimate of drug-likeness (QED) is 0.819. The van der Waals surface area contributed by atoms with Gasteiger partial charge in [-0.3, -0.25) is 4.68 Å². The molecule has 0 saturated heterocycles. The molecule has 0 amide bonds. The van der Waals surface area contributed by atoms with Crippen LogP contribution in [0.2, 0.25) is 0 Å². The Morgan fingerprint density at radius 3 is 3.00 bits per heavy atom.